The molecule has 0 saturated heterocycles. The van der Waals surface area contributed by atoms with Crippen LogP contribution in [-0.2, 0) is 9.84 Å². The van der Waals surface area contributed by atoms with Crippen LogP contribution in [0, 0.1) is 6.92 Å². The van der Waals surface area contributed by atoms with Crippen molar-refractivity contribution in [1.29, 1.82) is 0 Å². The number of sulfone groups is 1. The molecule has 19 heavy (non-hydrogen) atoms. The molecular formula is C15H23ClO2S. The average Bonchev–Trinajstić information content (AvgIpc) is 2.28. The molecule has 0 amide bonds. The van der Waals surface area contributed by atoms with E-state index in [0.717, 1.165) is 5.56 Å². The van der Waals surface area contributed by atoms with Crippen molar-refractivity contribution in [3.05, 3.63) is 35.4 Å². The van der Waals surface area contributed by atoms with Crippen LogP contribution in [-0.4, -0.2) is 24.8 Å². The number of hydrogen-bond donors (Lipinski definition) is 0. The van der Waals surface area contributed by atoms with E-state index in [0.29, 0.717) is 12.3 Å². The van der Waals surface area contributed by atoms with Gasteiger partial charge in [0.1, 0.15) is 0 Å². The minimum atomic E-state index is -3.08. The van der Waals surface area contributed by atoms with E-state index in [9.17, 15) is 8.42 Å². The molecule has 0 fully saturated rings. The summed E-state index contributed by atoms with van der Waals surface area (Å²) >= 11 is 6.00. The summed E-state index contributed by atoms with van der Waals surface area (Å²) in [6, 6.07) is 8.11. The van der Waals surface area contributed by atoms with Gasteiger partial charge >= 0.3 is 0 Å². The maximum Gasteiger partial charge on any atom is 0.155 e. The first-order valence-electron chi connectivity index (χ1n) is 6.52. The van der Waals surface area contributed by atoms with E-state index in [1.54, 1.807) is 20.8 Å². The molecular weight excluding hydrogens is 280 g/mol. The van der Waals surface area contributed by atoms with E-state index in [1.165, 1.54) is 5.56 Å². The predicted octanol–water partition coefficient (Wildman–Crippen LogP) is 3.92. The molecule has 1 aromatic rings. The summed E-state index contributed by atoms with van der Waals surface area (Å²) in [5.41, 5.74) is 2.30. The smallest absolute Gasteiger partial charge is 0.155 e. The van der Waals surface area contributed by atoms with E-state index < -0.39 is 14.6 Å². The lowest BCUT2D eigenvalue weighted by atomic mass is 9.97. The molecule has 0 aliphatic heterocycles. The molecule has 0 spiro atoms. The number of benzene rings is 1. The Hall–Kier alpha value is -0.540. The van der Waals surface area contributed by atoms with Crippen molar-refractivity contribution < 1.29 is 8.42 Å². The normalized spacial score (nSPS) is 14.4. The third-order valence-electron chi connectivity index (χ3n) is 3.37. The lowest BCUT2D eigenvalue weighted by Crippen LogP contribution is -2.31. The molecule has 0 bridgehead atoms. The van der Waals surface area contributed by atoms with Crippen molar-refractivity contribution in [1.82, 2.24) is 0 Å². The van der Waals surface area contributed by atoms with Gasteiger partial charge in [-0.3, -0.25) is 0 Å². The van der Waals surface area contributed by atoms with Gasteiger partial charge in [0, 0.05) is 5.88 Å². The van der Waals surface area contributed by atoms with Crippen LogP contribution in [0.3, 0.4) is 0 Å². The van der Waals surface area contributed by atoms with E-state index in [2.05, 4.69) is 6.07 Å². The Labute approximate surface area is 122 Å². The van der Waals surface area contributed by atoms with E-state index in [4.69, 9.17) is 11.6 Å². The highest BCUT2D eigenvalue weighted by Gasteiger charge is 2.29. The van der Waals surface area contributed by atoms with Crippen molar-refractivity contribution >= 4 is 21.4 Å². The molecule has 0 N–H and O–H groups in total. The van der Waals surface area contributed by atoms with E-state index >= 15 is 0 Å². The van der Waals surface area contributed by atoms with Crippen LogP contribution < -0.4 is 0 Å². The molecule has 1 aromatic carbocycles. The van der Waals surface area contributed by atoms with Crippen LogP contribution in [0.2, 0.25) is 0 Å². The number of aryl methyl sites for hydroxylation is 1. The summed E-state index contributed by atoms with van der Waals surface area (Å²) in [6.07, 6.45) is 0.576. The fraction of sp³-hybridized carbons (Fsp3) is 0.600. The van der Waals surface area contributed by atoms with Crippen LogP contribution >= 0.6 is 11.6 Å². The number of hydrogen-bond acceptors (Lipinski definition) is 2. The van der Waals surface area contributed by atoms with Crippen LogP contribution in [0.1, 0.15) is 44.2 Å². The molecule has 0 radical (unpaired) electrons. The lowest BCUT2D eigenvalue weighted by Gasteiger charge is -2.21. The van der Waals surface area contributed by atoms with Gasteiger partial charge in [0.25, 0.3) is 0 Å². The second kappa shape index (κ2) is 6.27. The molecule has 0 aliphatic rings. The van der Waals surface area contributed by atoms with Gasteiger partial charge in [-0.25, -0.2) is 8.42 Å². The summed E-state index contributed by atoms with van der Waals surface area (Å²) in [7, 11) is -3.08. The first kappa shape index (κ1) is 16.5. The van der Waals surface area contributed by atoms with Crippen LogP contribution in [0.5, 0.6) is 0 Å². The molecule has 0 aliphatic carbocycles. The molecule has 1 atom stereocenters. The highest BCUT2D eigenvalue weighted by atomic mass is 35.5. The Morgan fingerprint density at radius 1 is 1.26 bits per heavy atom. The Balaban J connectivity index is 2.80. The molecule has 0 aromatic heterocycles. The predicted molar refractivity (Wildman–Crippen MR) is 82.8 cm³/mol. The van der Waals surface area contributed by atoms with Crippen LogP contribution in [0.4, 0.5) is 0 Å². The van der Waals surface area contributed by atoms with Gasteiger partial charge in [-0.2, -0.15) is 0 Å². The van der Waals surface area contributed by atoms with Crippen molar-refractivity contribution in [2.45, 2.75) is 44.8 Å². The largest absolute Gasteiger partial charge is 0.228 e. The average molecular weight is 303 g/mol. The number of rotatable bonds is 5. The van der Waals surface area contributed by atoms with Gasteiger partial charge in [-0.05, 0) is 45.6 Å². The lowest BCUT2D eigenvalue weighted by molar-refractivity contribution is 0.554. The summed E-state index contributed by atoms with van der Waals surface area (Å²) < 4.78 is 23.6. The third kappa shape index (κ3) is 4.50. The fourth-order valence-electron chi connectivity index (χ4n) is 1.86. The Bertz CT molecular complexity index is 515. The molecule has 1 rings (SSSR count). The van der Waals surface area contributed by atoms with Crippen LogP contribution in [0.25, 0.3) is 0 Å². The third-order valence-corrected chi connectivity index (χ3v) is 6.38. The molecule has 1 unspecified atom stereocenters. The van der Waals surface area contributed by atoms with E-state index in [-0.39, 0.29) is 11.7 Å². The number of halogens is 1. The zero-order chi connectivity index (χ0) is 14.7. The van der Waals surface area contributed by atoms with Gasteiger partial charge in [0.05, 0.1) is 10.5 Å². The van der Waals surface area contributed by atoms with Gasteiger partial charge in [-0.1, -0.05) is 29.8 Å². The minimum absolute atomic E-state index is 0.0960. The van der Waals surface area contributed by atoms with Gasteiger partial charge in [0.2, 0.25) is 0 Å². The quantitative estimate of drug-likeness (QED) is 0.773. The second-order valence-corrected chi connectivity index (χ2v) is 9.16. The van der Waals surface area contributed by atoms with Gasteiger partial charge < -0.3 is 0 Å². The second-order valence-electron chi connectivity index (χ2n) is 5.99. The first-order valence-corrected chi connectivity index (χ1v) is 8.71. The zero-order valence-electron chi connectivity index (χ0n) is 12.1. The van der Waals surface area contributed by atoms with Gasteiger partial charge in [0.15, 0.2) is 9.84 Å². The highest BCUT2D eigenvalue weighted by Crippen LogP contribution is 2.25. The maximum absolute atomic E-state index is 12.1. The fourth-order valence-corrected chi connectivity index (χ4v) is 3.40. The Morgan fingerprint density at radius 3 is 2.37 bits per heavy atom. The zero-order valence-corrected chi connectivity index (χ0v) is 13.7. The first-order chi connectivity index (χ1) is 8.67. The van der Waals surface area contributed by atoms with Crippen molar-refractivity contribution in [2.24, 2.45) is 0 Å². The topological polar surface area (TPSA) is 34.1 Å². The monoisotopic (exact) mass is 302 g/mol. The summed E-state index contributed by atoms with van der Waals surface area (Å²) in [6.45, 7) is 7.25. The summed E-state index contributed by atoms with van der Waals surface area (Å²) in [5.74, 6) is 0.726. The molecule has 0 heterocycles. The standard InChI is InChI=1S/C15H23ClO2S/c1-12-6-5-7-13(10-12)14(11-16)8-9-19(17,18)15(2,3)4/h5-7,10,14H,8-9,11H2,1-4H3. The highest BCUT2D eigenvalue weighted by molar-refractivity contribution is 7.92. The molecule has 2 nitrogen and oxygen atoms in total. The maximum atomic E-state index is 12.1. The SMILES string of the molecule is Cc1cccc(C(CCl)CCS(=O)(=O)C(C)(C)C)c1. The molecule has 108 valence electrons. The Morgan fingerprint density at radius 2 is 1.89 bits per heavy atom. The van der Waals surface area contributed by atoms with Crippen molar-refractivity contribution in [3.8, 4) is 0 Å². The summed E-state index contributed by atoms with van der Waals surface area (Å²) in [5, 5.41) is 0. The van der Waals surface area contributed by atoms with Gasteiger partial charge in [-0.15, -0.1) is 11.6 Å². The van der Waals surface area contributed by atoms with Crippen molar-refractivity contribution in [2.75, 3.05) is 11.6 Å². The Kier molecular flexibility index (Phi) is 5.45. The van der Waals surface area contributed by atoms with Crippen LogP contribution in [0.15, 0.2) is 24.3 Å². The van der Waals surface area contributed by atoms with Crippen molar-refractivity contribution in [3.63, 3.8) is 0 Å². The molecule has 0 saturated carbocycles. The number of alkyl halides is 1. The minimum Gasteiger partial charge on any atom is -0.228 e. The molecule has 4 heteroatoms. The summed E-state index contributed by atoms with van der Waals surface area (Å²) in [4.78, 5) is 0. The van der Waals surface area contributed by atoms with E-state index in [1.807, 2.05) is 25.1 Å².